The molecule has 0 aromatic carbocycles. The van der Waals surface area contributed by atoms with Crippen LogP contribution in [0.25, 0.3) is 0 Å². The van der Waals surface area contributed by atoms with Crippen molar-refractivity contribution in [2.45, 2.75) is 6.10 Å². The molecule has 1 saturated heterocycles. The van der Waals surface area contributed by atoms with Crippen molar-refractivity contribution in [2.24, 2.45) is 5.16 Å². The Hall–Kier alpha value is -0.570. The highest BCUT2D eigenvalue weighted by Crippen LogP contribution is 2.07. The molecule has 1 rings (SSSR count). The Bertz CT molecular complexity index is 70.1. The molecule has 0 amide bonds. The van der Waals surface area contributed by atoms with Gasteiger partial charge in [0.1, 0.15) is 12.7 Å². The molecule has 1 fully saturated rings. The van der Waals surface area contributed by atoms with Crippen molar-refractivity contribution in [2.75, 3.05) is 13.2 Å². The molecule has 0 saturated carbocycles. The monoisotopic (exact) mass is 101 g/mol. The van der Waals surface area contributed by atoms with Crippen molar-refractivity contribution in [3.63, 3.8) is 0 Å². The maximum Gasteiger partial charge on any atom is 0.145 e. The molecular weight excluding hydrogens is 94.0 g/mol. The predicted octanol–water partition coefficient (Wildman–Crippen LogP) is 0.0174. The maximum atomic E-state index is 4.80. The molecule has 0 spiro atoms. The zero-order valence-corrected chi connectivity index (χ0v) is 3.96. The summed E-state index contributed by atoms with van der Waals surface area (Å²) in [6.07, 6.45) is 0.297. The maximum absolute atomic E-state index is 4.80. The average Bonchev–Trinajstić information content (AvgIpc) is 2.42. The molecular formula is C4H7NO2. The Kier molecular flexibility index (Phi) is 1.26. The van der Waals surface area contributed by atoms with Crippen molar-refractivity contribution < 1.29 is 9.57 Å². The first-order chi connectivity index (χ1) is 3.43. The van der Waals surface area contributed by atoms with Crippen LogP contribution in [0.15, 0.2) is 5.16 Å². The normalized spacial score (nSPS) is 26.6. The smallest absolute Gasteiger partial charge is 0.145 e. The van der Waals surface area contributed by atoms with Crippen LogP contribution >= 0.6 is 0 Å². The summed E-state index contributed by atoms with van der Waals surface area (Å²) in [6.45, 7) is 4.51. The van der Waals surface area contributed by atoms with Crippen LogP contribution in [0.1, 0.15) is 0 Å². The van der Waals surface area contributed by atoms with E-state index < -0.39 is 0 Å². The Morgan fingerprint density at radius 3 is 3.14 bits per heavy atom. The molecule has 1 heterocycles. The highest BCUT2D eigenvalue weighted by atomic mass is 16.7. The van der Waals surface area contributed by atoms with Gasteiger partial charge in [-0.25, -0.2) is 0 Å². The summed E-state index contributed by atoms with van der Waals surface area (Å²) < 4.78 is 4.80. The number of ether oxygens (including phenoxy) is 1. The van der Waals surface area contributed by atoms with Gasteiger partial charge >= 0.3 is 0 Å². The molecule has 1 unspecified atom stereocenters. The Morgan fingerprint density at radius 1 is 2.00 bits per heavy atom. The van der Waals surface area contributed by atoms with Crippen LogP contribution in [-0.2, 0) is 9.57 Å². The van der Waals surface area contributed by atoms with Gasteiger partial charge in [-0.1, -0.05) is 0 Å². The molecule has 3 nitrogen and oxygen atoms in total. The molecule has 3 heteroatoms. The number of rotatable bonds is 3. The largest absolute Gasteiger partial charge is 0.393 e. The van der Waals surface area contributed by atoms with Crippen LogP contribution < -0.4 is 0 Å². The van der Waals surface area contributed by atoms with E-state index in [1.807, 2.05) is 0 Å². The van der Waals surface area contributed by atoms with Crippen molar-refractivity contribution in [1.82, 2.24) is 0 Å². The van der Waals surface area contributed by atoms with E-state index in [0.29, 0.717) is 12.7 Å². The summed E-state index contributed by atoms with van der Waals surface area (Å²) in [4.78, 5) is 4.55. The molecule has 0 aromatic rings. The van der Waals surface area contributed by atoms with Gasteiger partial charge in [-0.3, -0.25) is 0 Å². The van der Waals surface area contributed by atoms with Gasteiger partial charge in [0.25, 0.3) is 0 Å². The third-order valence-corrected chi connectivity index (χ3v) is 0.754. The number of nitrogens with zero attached hydrogens (tertiary/aromatic N) is 1. The van der Waals surface area contributed by atoms with Gasteiger partial charge in [0.15, 0.2) is 0 Å². The summed E-state index contributed by atoms with van der Waals surface area (Å²) in [5.74, 6) is 0. The summed E-state index contributed by atoms with van der Waals surface area (Å²) in [5.41, 5.74) is 0. The lowest BCUT2D eigenvalue weighted by atomic mass is 10.5. The standard InChI is InChI=1S/C4H7NO2/c1-5-7-3-4-2-6-4/h4H,1-3H2. The van der Waals surface area contributed by atoms with E-state index in [2.05, 4.69) is 16.7 Å². The molecule has 1 aliphatic rings. The number of hydrogen-bond donors (Lipinski definition) is 0. The second kappa shape index (κ2) is 1.93. The van der Waals surface area contributed by atoms with Crippen molar-refractivity contribution >= 4 is 6.72 Å². The fourth-order valence-electron chi connectivity index (χ4n) is 0.300. The van der Waals surface area contributed by atoms with Crippen LogP contribution in [0, 0.1) is 0 Å². The SMILES string of the molecule is C=NOCC1CO1. The minimum Gasteiger partial charge on any atom is -0.393 e. The third kappa shape index (κ3) is 1.55. The van der Waals surface area contributed by atoms with E-state index in [0.717, 1.165) is 6.61 Å². The lowest BCUT2D eigenvalue weighted by Crippen LogP contribution is -1.94. The lowest BCUT2D eigenvalue weighted by Gasteiger charge is -1.88. The van der Waals surface area contributed by atoms with Gasteiger partial charge in [0.2, 0.25) is 0 Å². The van der Waals surface area contributed by atoms with Gasteiger partial charge in [-0.05, 0) is 0 Å². The zero-order valence-electron chi connectivity index (χ0n) is 3.96. The molecule has 1 aliphatic heterocycles. The van der Waals surface area contributed by atoms with Gasteiger partial charge in [0, 0.05) is 6.72 Å². The van der Waals surface area contributed by atoms with Gasteiger partial charge in [-0.15, -0.1) is 5.16 Å². The molecule has 0 aromatic heterocycles. The number of epoxide rings is 1. The van der Waals surface area contributed by atoms with E-state index in [1.54, 1.807) is 0 Å². The average molecular weight is 101 g/mol. The highest BCUT2D eigenvalue weighted by molar-refractivity contribution is 5.21. The summed E-state index contributed by atoms with van der Waals surface area (Å²) in [7, 11) is 0. The van der Waals surface area contributed by atoms with Crippen LogP contribution in [0.5, 0.6) is 0 Å². The van der Waals surface area contributed by atoms with E-state index in [-0.39, 0.29) is 0 Å². The fraction of sp³-hybridized carbons (Fsp3) is 0.750. The van der Waals surface area contributed by atoms with Gasteiger partial charge < -0.3 is 9.57 Å². The summed E-state index contributed by atoms with van der Waals surface area (Å²) >= 11 is 0. The van der Waals surface area contributed by atoms with Crippen molar-refractivity contribution in [1.29, 1.82) is 0 Å². The second-order valence-electron chi connectivity index (χ2n) is 1.38. The topological polar surface area (TPSA) is 34.1 Å². The van der Waals surface area contributed by atoms with Crippen molar-refractivity contribution in [3.05, 3.63) is 0 Å². The minimum absolute atomic E-state index is 0.297. The molecule has 0 aliphatic carbocycles. The van der Waals surface area contributed by atoms with Crippen LogP contribution in [-0.4, -0.2) is 26.0 Å². The first kappa shape index (κ1) is 4.59. The predicted molar refractivity (Wildman–Crippen MR) is 25.2 cm³/mol. The summed E-state index contributed by atoms with van der Waals surface area (Å²) in [6, 6.07) is 0. The van der Waals surface area contributed by atoms with Gasteiger partial charge in [-0.2, -0.15) is 0 Å². The van der Waals surface area contributed by atoms with E-state index in [1.165, 1.54) is 0 Å². The minimum atomic E-state index is 0.297. The zero-order chi connectivity index (χ0) is 5.11. The quantitative estimate of drug-likeness (QED) is 0.285. The Balaban J connectivity index is 1.88. The Morgan fingerprint density at radius 2 is 2.71 bits per heavy atom. The van der Waals surface area contributed by atoms with Crippen LogP contribution in [0.4, 0.5) is 0 Å². The first-order valence-corrected chi connectivity index (χ1v) is 2.13. The van der Waals surface area contributed by atoms with E-state index in [4.69, 9.17) is 4.74 Å². The van der Waals surface area contributed by atoms with E-state index in [9.17, 15) is 0 Å². The number of oxime groups is 1. The van der Waals surface area contributed by atoms with Crippen LogP contribution in [0.2, 0.25) is 0 Å². The fourth-order valence-corrected chi connectivity index (χ4v) is 0.300. The molecule has 0 bridgehead atoms. The highest BCUT2D eigenvalue weighted by Gasteiger charge is 2.22. The molecule has 1 atom stereocenters. The second-order valence-corrected chi connectivity index (χ2v) is 1.38. The van der Waals surface area contributed by atoms with Gasteiger partial charge in [0.05, 0.1) is 6.61 Å². The molecule has 0 radical (unpaired) electrons. The van der Waals surface area contributed by atoms with Crippen LogP contribution in [0.3, 0.4) is 0 Å². The van der Waals surface area contributed by atoms with E-state index >= 15 is 0 Å². The lowest BCUT2D eigenvalue weighted by molar-refractivity contribution is 0.127. The Labute approximate surface area is 41.9 Å². The molecule has 0 N–H and O–H groups in total. The summed E-state index contributed by atoms with van der Waals surface area (Å²) in [5, 5.41) is 3.19. The van der Waals surface area contributed by atoms with Crippen molar-refractivity contribution in [3.8, 4) is 0 Å². The molecule has 7 heavy (non-hydrogen) atoms. The first-order valence-electron chi connectivity index (χ1n) is 2.13. The third-order valence-electron chi connectivity index (χ3n) is 0.754. The molecule has 40 valence electrons. The number of hydrogen-bond acceptors (Lipinski definition) is 3.